The SMILES string of the molecule is NC1CCCC1CNC(=O)C12CC3CC(CC(C3)C1)C2. The van der Waals surface area contributed by atoms with Crippen LogP contribution in [-0.2, 0) is 4.79 Å². The molecule has 5 fully saturated rings. The Morgan fingerprint density at radius 2 is 1.65 bits per heavy atom. The summed E-state index contributed by atoms with van der Waals surface area (Å²) in [6, 6.07) is 0.312. The van der Waals surface area contributed by atoms with Crippen LogP contribution in [0.25, 0.3) is 0 Å². The number of carbonyl (C=O) groups excluding carboxylic acids is 1. The molecule has 0 saturated heterocycles. The van der Waals surface area contributed by atoms with Crippen LogP contribution in [0.4, 0.5) is 0 Å². The van der Waals surface area contributed by atoms with Gasteiger partial charge in [0.05, 0.1) is 0 Å². The summed E-state index contributed by atoms with van der Waals surface area (Å²) < 4.78 is 0. The van der Waals surface area contributed by atoms with Crippen LogP contribution >= 0.6 is 0 Å². The summed E-state index contributed by atoms with van der Waals surface area (Å²) in [5.41, 5.74) is 6.13. The lowest BCUT2D eigenvalue weighted by Gasteiger charge is -2.55. The average Bonchev–Trinajstić information content (AvgIpc) is 2.80. The molecule has 0 aromatic carbocycles. The molecular weight excluding hydrogens is 248 g/mol. The lowest BCUT2D eigenvalue weighted by molar-refractivity contribution is -0.146. The first-order valence-corrected chi connectivity index (χ1v) is 8.68. The lowest BCUT2D eigenvalue weighted by Crippen LogP contribution is -2.54. The zero-order valence-corrected chi connectivity index (χ0v) is 12.4. The molecule has 20 heavy (non-hydrogen) atoms. The molecule has 4 bridgehead atoms. The van der Waals surface area contributed by atoms with Crippen molar-refractivity contribution in [3.63, 3.8) is 0 Å². The van der Waals surface area contributed by atoms with Crippen molar-refractivity contribution in [1.29, 1.82) is 0 Å². The first kappa shape index (κ1) is 13.1. The average molecular weight is 276 g/mol. The van der Waals surface area contributed by atoms with E-state index >= 15 is 0 Å². The zero-order chi connectivity index (χ0) is 13.7. The van der Waals surface area contributed by atoms with Crippen LogP contribution < -0.4 is 11.1 Å². The van der Waals surface area contributed by atoms with Gasteiger partial charge in [-0.15, -0.1) is 0 Å². The topological polar surface area (TPSA) is 55.1 Å². The predicted octanol–water partition coefficient (Wildman–Crippen LogP) is 2.45. The van der Waals surface area contributed by atoms with Gasteiger partial charge in [0.25, 0.3) is 0 Å². The Balaban J connectivity index is 1.40. The Hall–Kier alpha value is -0.570. The fourth-order valence-electron chi connectivity index (χ4n) is 6.12. The normalized spacial score (nSPS) is 49.5. The van der Waals surface area contributed by atoms with Crippen molar-refractivity contribution in [3.05, 3.63) is 0 Å². The number of amides is 1. The van der Waals surface area contributed by atoms with E-state index in [-0.39, 0.29) is 5.41 Å². The molecular formula is C17H28N2O. The van der Waals surface area contributed by atoms with Crippen molar-refractivity contribution >= 4 is 5.91 Å². The molecule has 0 radical (unpaired) electrons. The van der Waals surface area contributed by atoms with Gasteiger partial charge in [-0.2, -0.15) is 0 Å². The summed E-state index contributed by atoms with van der Waals surface area (Å²) in [6.45, 7) is 0.821. The second-order valence-electron chi connectivity index (χ2n) is 8.26. The highest BCUT2D eigenvalue weighted by Crippen LogP contribution is 2.60. The third kappa shape index (κ3) is 2.09. The summed E-state index contributed by atoms with van der Waals surface area (Å²) in [5.74, 6) is 3.44. The third-order valence-electron chi connectivity index (χ3n) is 6.76. The molecule has 3 nitrogen and oxygen atoms in total. The summed E-state index contributed by atoms with van der Waals surface area (Å²) in [5, 5.41) is 3.29. The number of carbonyl (C=O) groups is 1. The van der Waals surface area contributed by atoms with Gasteiger partial charge in [0.2, 0.25) is 5.91 Å². The molecule has 0 aliphatic heterocycles. The fourth-order valence-corrected chi connectivity index (χ4v) is 6.12. The van der Waals surface area contributed by atoms with Crippen LogP contribution in [0, 0.1) is 29.1 Å². The molecule has 112 valence electrons. The summed E-state index contributed by atoms with van der Waals surface area (Å²) in [4.78, 5) is 12.8. The van der Waals surface area contributed by atoms with Gasteiger partial charge >= 0.3 is 0 Å². The van der Waals surface area contributed by atoms with Gasteiger partial charge in [0.15, 0.2) is 0 Å². The maximum absolute atomic E-state index is 12.8. The molecule has 1 amide bonds. The Labute approximate surface area is 122 Å². The van der Waals surface area contributed by atoms with E-state index in [9.17, 15) is 4.79 Å². The molecule has 0 spiro atoms. The van der Waals surface area contributed by atoms with E-state index in [0.717, 1.165) is 30.7 Å². The number of hydrogen-bond donors (Lipinski definition) is 2. The van der Waals surface area contributed by atoms with Crippen molar-refractivity contribution in [2.75, 3.05) is 6.54 Å². The second-order valence-corrected chi connectivity index (χ2v) is 8.26. The molecule has 2 atom stereocenters. The molecule has 3 heteroatoms. The molecule has 5 aliphatic rings. The van der Waals surface area contributed by atoms with Crippen molar-refractivity contribution in [2.24, 2.45) is 34.8 Å². The number of nitrogens with two attached hydrogens (primary N) is 1. The van der Waals surface area contributed by atoms with Gasteiger partial charge in [-0.05, 0) is 75.0 Å². The minimum absolute atomic E-state index is 0.0114. The van der Waals surface area contributed by atoms with E-state index in [1.165, 1.54) is 51.4 Å². The second kappa shape index (κ2) is 4.72. The quantitative estimate of drug-likeness (QED) is 0.832. The van der Waals surface area contributed by atoms with Gasteiger partial charge in [-0.3, -0.25) is 4.79 Å². The van der Waals surface area contributed by atoms with Crippen LogP contribution in [0.15, 0.2) is 0 Å². The highest BCUT2D eigenvalue weighted by molar-refractivity contribution is 5.83. The van der Waals surface area contributed by atoms with Crippen LogP contribution in [0.2, 0.25) is 0 Å². The van der Waals surface area contributed by atoms with Gasteiger partial charge in [0.1, 0.15) is 0 Å². The zero-order valence-electron chi connectivity index (χ0n) is 12.4. The van der Waals surface area contributed by atoms with E-state index < -0.39 is 0 Å². The molecule has 0 heterocycles. The fraction of sp³-hybridized carbons (Fsp3) is 0.941. The molecule has 0 aromatic rings. The number of hydrogen-bond acceptors (Lipinski definition) is 2. The van der Waals surface area contributed by atoms with Gasteiger partial charge in [0, 0.05) is 18.0 Å². The molecule has 3 N–H and O–H groups in total. The summed E-state index contributed by atoms with van der Waals surface area (Å²) in [6.07, 6.45) is 11.3. The maximum atomic E-state index is 12.8. The van der Waals surface area contributed by atoms with Gasteiger partial charge in [-0.1, -0.05) is 6.42 Å². The van der Waals surface area contributed by atoms with E-state index in [0.29, 0.717) is 17.9 Å². The van der Waals surface area contributed by atoms with Gasteiger partial charge in [-0.25, -0.2) is 0 Å². The lowest BCUT2D eigenvalue weighted by atomic mass is 9.49. The standard InChI is InChI=1S/C17H28N2O/c18-15-3-1-2-14(15)10-19-16(20)17-7-11-4-12(8-17)6-13(5-11)9-17/h11-15H,1-10,18H2,(H,19,20). The van der Waals surface area contributed by atoms with E-state index in [2.05, 4.69) is 5.32 Å². The third-order valence-corrected chi connectivity index (χ3v) is 6.76. The van der Waals surface area contributed by atoms with Crippen molar-refractivity contribution < 1.29 is 4.79 Å². The molecule has 2 unspecified atom stereocenters. The number of rotatable bonds is 3. The van der Waals surface area contributed by atoms with E-state index in [4.69, 9.17) is 5.73 Å². The molecule has 0 aromatic heterocycles. The van der Waals surface area contributed by atoms with E-state index in [1.807, 2.05) is 0 Å². The van der Waals surface area contributed by atoms with Gasteiger partial charge < -0.3 is 11.1 Å². The minimum Gasteiger partial charge on any atom is -0.355 e. The predicted molar refractivity (Wildman–Crippen MR) is 78.9 cm³/mol. The van der Waals surface area contributed by atoms with Crippen molar-refractivity contribution in [3.8, 4) is 0 Å². The van der Waals surface area contributed by atoms with Crippen LogP contribution in [0.5, 0.6) is 0 Å². The van der Waals surface area contributed by atoms with Crippen LogP contribution in [-0.4, -0.2) is 18.5 Å². The Morgan fingerprint density at radius 3 is 2.15 bits per heavy atom. The number of nitrogens with one attached hydrogen (secondary N) is 1. The molecule has 5 aliphatic carbocycles. The highest BCUT2D eigenvalue weighted by atomic mass is 16.2. The minimum atomic E-state index is 0.0114. The Kier molecular flexibility index (Phi) is 3.10. The monoisotopic (exact) mass is 276 g/mol. The summed E-state index contributed by atoms with van der Waals surface area (Å²) in [7, 11) is 0. The largest absolute Gasteiger partial charge is 0.355 e. The first-order chi connectivity index (χ1) is 9.64. The molecule has 5 rings (SSSR count). The van der Waals surface area contributed by atoms with Crippen molar-refractivity contribution in [2.45, 2.75) is 63.8 Å². The Morgan fingerprint density at radius 1 is 1.05 bits per heavy atom. The van der Waals surface area contributed by atoms with Crippen LogP contribution in [0.1, 0.15) is 57.8 Å². The smallest absolute Gasteiger partial charge is 0.226 e. The van der Waals surface area contributed by atoms with Crippen LogP contribution in [0.3, 0.4) is 0 Å². The maximum Gasteiger partial charge on any atom is 0.226 e. The Bertz CT molecular complexity index is 371. The summed E-state index contributed by atoms with van der Waals surface area (Å²) >= 11 is 0. The highest BCUT2D eigenvalue weighted by Gasteiger charge is 2.54. The molecule has 5 saturated carbocycles. The first-order valence-electron chi connectivity index (χ1n) is 8.68. The van der Waals surface area contributed by atoms with E-state index in [1.54, 1.807) is 0 Å². The van der Waals surface area contributed by atoms with Crippen molar-refractivity contribution in [1.82, 2.24) is 5.32 Å².